The number of aromatic hydroxyl groups is 2. The Morgan fingerprint density at radius 2 is 1.47 bits per heavy atom. The van der Waals surface area contributed by atoms with Gasteiger partial charge in [-0.2, -0.15) is 0 Å². The Bertz CT molecular complexity index is 972. The molecule has 2 aromatic rings. The van der Waals surface area contributed by atoms with E-state index < -0.39 is 0 Å². The minimum Gasteiger partial charge on any atom is -0.504 e. The maximum atomic E-state index is 12.1. The fourth-order valence-electron chi connectivity index (χ4n) is 2.47. The summed E-state index contributed by atoms with van der Waals surface area (Å²) >= 11 is 0. The summed E-state index contributed by atoms with van der Waals surface area (Å²) in [5.74, 6) is -0.0791. The third kappa shape index (κ3) is 6.98. The lowest BCUT2D eigenvalue weighted by Crippen LogP contribution is -2.02. The van der Waals surface area contributed by atoms with Gasteiger partial charge in [0.1, 0.15) is 0 Å². The summed E-state index contributed by atoms with van der Waals surface area (Å²) in [4.78, 5) is 24.1. The van der Waals surface area contributed by atoms with Gasteiger partial charge in [0.25, 0.3) is 0 Å². The van der Waals surface area contributed by atoms with Crippen LogP contribution in [0.2, 0.25) is 0 Å². The highest BCUT2D eigenvalue weighted by atomic mass is 16.5. The highest BCUT2D eigenvalue weighted by molar-refractivity contribution is 6.10. The molecule has 0 aliphatic rings. The van der Waals surface area contributed by atoms with Gasteiger partial charge in [-0.15, -0.1) is 6.58 Å². The number of phenolic OH excluding ortho intramolecular Hbond substituents is 2. The predicted octanol–water partition coefficient (Wildman–Crippen LogP) is 4.32. The van der Waals surface area contributed by atoms with Crippen molar-refractivity contribution < 1.29 is 29.3 Å². The number of carbonyl (C=O) groups excluding carboxylic acids is 2. The maximum Gasteiger partial charge on any atom is 0.163 e. The van der Waals surface area contributed by atoms with E-state index in [0.717, 1.165) is 0 Å². The molecular formula is C24H24O6. The van der Waals surface area contributed by atoms with E-state index in [4.69, 9.17) is 9.47 Å². The lowest BCUT2D eigenvalue weighted by molar-refractivity contribution is -0.121. The largest absolute Gasteiger partial charge is 0.504 e. The first-order chi connectivity index (χ1) is 14.4. The van der Waals surface area contributed by atoms with Crippen molar-refractivity contribution in [1.82, 2.24) is 0 Å². The van der Waals surface area contributed by atoms with Crippen LogP contribution in [0.4, 0.5) is 0 Å². The van der Waals surface area contributed by atoms with Gasteiger partial charge in [0.15, 0.2) is 34.6 Å². The molecule has 0 heterocycles. The monoisotopic (exact) mass is 408 g/mol. The van der Waals surface area contributed by atoms with Crippen molar-refractivity contribution in [2.45, 2.75) is 12.8 Å². The zero-order chi connectivity index (χ0) is 21.9. The van der Waals surface area contributed by atoms with E-state index in [1.807, 2.05) is 0 Å². The molecule has 0 spiro atoms. The van der Waals surface area contributed by atoms with Crippen LogP contribution in [-0.4, -0.2) is 35.5 Å². The van der Waals surface area contributed by atoms with Gasteiger partial charge >= 0.3 is 0 Å². The topological polar surface area (TPSA) is 93.1 Å². The molecular weight excluding hydrogens is 384 g/mol. The van der Waals surface area contributed by atoms with Crippen molar-refractivity contribution in [3.8, 4) is 23.0 Å². The van der Waals surface area contributed by atoms with E-state index in [-0.39, 0.29) is 29.5 Å². The van der Waals surface area contributed by atoms with Crippen molar-refractivity contribution in [3.05, 3.63) is 72.3 Å². The molecule has 2 aromatic carbocycles. The number of hydrogen-bond donors (Lipinski definition) is 2. The molecule has 0 bridgehead atoms. The molecule has 2 rings (SSSR count). The first-order valence-electron chi connectivity index (χ1n) is 9.28. The number of ether oxygens (including phenoxy) is 2. The smallest absolute Gasteiger partial charge is 0.163 e. The van der Waals surface area contributed by atoms with Gasteiger partial charge < -0.3 is 19.7 Å². The predicted molar refractivity (Wildman–Crippen MR) is 116 cm³/mol. The number of allylic oxidation sites excluding steroid dienone is 2. The molecule has 156 valence electrons. The molecule has 0 aliphatic heterocycles. The Balaban J connectivity index is 1.94. The van der Waals surface area contributed by atoms with E-state index in [1.165, 1.54) is 31.4 Å². The Morgan fingerprint density at radius 3 is 2.00 bits per heavy atom. The van der Waals surface area contributed by atoms with Crippen LogP contribution in [0.25, 0.3) is 12.2 Å². The Labute approximate surface area is 175 Å². The SMILES string of the molecule is C=CCCOc1cc(/C=C/C(=O)CC(=O)/C=C/c2ccc(O)c(OC)c2)ccc1O. The fraction of sp³-hybridized carbons (Fsp3) is 0.167. The van der Waals surface area contributed by atoms with E-state index in [9.17, 15) is 19.8 Å². The number of benzene rings is 2. The quantitative estimate of drug-likeness (QED) is 0.249. The molecule has 0 saturated carbocycles. The van der Waals surface area contributed by atoms with Gasteiger partial charge in [-0.05, 0) is 54.0 Å². The van der Waals surface area contributed by atoms with E-state index in [0.29, 0.717) is 35.7 Å². The normalized spacial score (nSPS) is 11.0. The Hall–Kier alpha value is -3.80. The van der Waals surface area contributed by atoms with Crippen LogP contribution in [0.15, 0.2) is 61.2 Å². The lowest BCUT2D eigenvalue weighted by atomic mass is 10.1. The average Bonchev–Trinajstić information content (AvgIpc) is 2.73. The van der Waals surface area contributed by atoms with Crippen molar-refractivity contribution in [1.29, 1.82) is 0 Å². The molecule has 0 aromatic heterocycles. The molecule has 0 atom stereocenters. The number of ketones is 2. The molecule has 0 fully saturated rings. The van der Waals surface area contributed by atoms with Crippen molar-refractivity contribution in [2.75, 3.05) is 13.7 Å². The van der Waals surface area contributed by atoms with Gasteiger partial charge in [0.2, 0.25) is 0 Å². The molecule has 6 nitrogen and oxygen atoms in total. The summed E-state index contributed by atoms with van der Waals surface area (Å²) in [6.45, 7) is 3.99. The van der Waals surface area contributed by atoms with Crippen LogP contribution in [0, 0.1) is 0 Å². The minimum absolute atomic E-state index is 0.00443. The summed E-state index contributed by atoms with van der Waals surface area (Å²) in [5, 5.41) is 19.4. The second kappa shape index (κ2) is 11.3. The molecule has 0 amide bonds. The van der Waals surface area contributed by atoms with Gasteiger partial charge in [-0.3, -0.25) is 9.59 Å². The van der Waals surface area contributed by atoms with Crippen molar-refractivity contribution in [3.63, 3.8) is 0 Å². The van der Waals surface area contributed by atoms with Crippen LogP contribution in [-0.2, 0) is 9.59 Å². The highest BCUT2D eigenvalue weighted by Crippen LogP contribution is 2.28. The number of phenols is 2. The zero-order valence-corrected chi connectivity index (χ0v) is 16.7. The van der Waals surface area contributed by atoms with Gasteiger partial charge in [-0.1, -0.05) is 30.4 Å². The summed E-state index contributed by atoms with van der Waals surface area (Å²) in [6, 6.07) is 9.40. The third-order valence-electron chi connectivity index (χ3n) is 4.04. The summed E-state index contributed by atoms with van der Waals surface area (Å²) in [5.41, 5.74) is 1.32. The Kier molecular flexibility index (Phi) is 8.44. The molecule has 0 aliphatic carbocycles. The molecule has 2 N–H and O–H groups in total. The van der Waals surface area contributed by atoms with Crippen LogP contribution >= 0.6 is 0 Å². The first kappa shape index (κ1) is 22.5. The fourth-order valence-corrected chi connectivity index (χ4v) is 2.47. The number of methoxy groups -OCH3 is 1. The maximum absolute atomic E-state index is 12.1. The minimum atomic E-state index is -0.352. The Morgan fingerprint density at radius 1 is 0.933 bits per heavy atom. The van der Waals surface area contributed by atoms with Crippen LogP contribution < -0.4 is 9.47 Å². The third-order valence-corrected chi connectivity index (χ3v) is 4.04. The first-order valence-corrected chi connectivity index (χ1v) is 9.28. The summed E-state index contributed by atoms with van der Waals surface area (Å²) in [7, 11) is 1.43. The van der Waals surface area contributed by atoms with Gasteiger partial charge in [-0.25, -0.2) is 0 Å². The van der Waals surface area contributed by atoms with E-state index in [1.54, 1.807) is 42.5 Å². The van der Waals surface area contributed by atoms with Gasteiger partial charge in [0.05, 0.1) is 20.1 Å². The molecule has 0 radical (unpaired) electrons. The average molecular weight is 408 g/mol. The molecule has 30 heavy (non-hydrogen) atoms. The molecule has 0 saturated heterocycles. The number of carbonyl (C=O) groups is 2. The summed E-state index contributed by atoms with van der Waals surface area (Å²) < 4.78 is 10.5. The van der Waals surface area contributed by atoms with Gasteiger partial charge in [0, 0.05) is 0 Å². The highest BCUT2D eigenvalue weighted by Gasteiger charge is 2.06. The molecule has 0 unspecified atom stereocenters. The van der Waals surface area contributed by atoms with Crippen LogP contribution in [0.3, 0.4) is 0 Å². The number of hydrogen-bond acceptors (Lipinski definition) is 6. The van der Waals surface area contributed by atoms with E-state index in [2.05, 4.69) is 6.58 Å². The summed E-state index contributed by atoms with van der Waals surface area (Å²) in [6.07, 6.45) is 7.81. The van der Waals surface area contributed by atoms with Crippen molar-refractivity contribution >= 4 is 23.7 Å². The second-order valence-electron chi connectivity index (χ2n) is 6.36. The second-order valence-corrected chi connectivity index (χ2v) is 6.36. The number of rotatable bonds is 11. The standard InChI is InChI=1S/C24H24O6/c1-3-4-13-30-24-15-18(8-12-22(24)28)6-10-20(26)16-19(25)9-5-17-7-11-21(27)23(14-17)29-2/h3,5-12,14-15,27-28H,1,4,13,16H2,2H3/b9-5+,10-6+. The zero-order valence-electron chi connectivity index (χ0n) is 16.7. The van der Waals surface area contributed by atoms with E-state index >= 15 is 0 Å². The van der Waals surface area contributed by atoms with Crippen LogP contribution in [0.1, 0.15) is 24.0 Å². The van der Waals surface area contributed by atoms with Crippen molar-refractivity contribution in [2.24, 2.45) is 0 Å². The molecule has 6 heteroatoms. The lowest BCUT2D eigenvalue weighted by Gasteiger charge is -2.07. The van der Waals surface area contributed by atoms with Crippen LogP contribution in [0.5, 0.6) is 23.0 Å².